The largest absolute Gasteiger partial charge is 0.372 e. The van der Waals surface area contributed by atoms with Gasteiger partial charge in [0.25, 0.3) is 11.8 Å². The first-order valence-corrected chi connectivity index (χ1v) is 11.2. The number of anilines is 2. The molecule has 3 aromatic carbocycles. The summed E-state index contributed by atoms with van der Waals surface area (Å²) in [7, 11) is 0. The van der Waals surface area contributed by atoms with Gasteiger partial charge in [0, 0.05) is 34.5 Å². The Hall–Kier alpha value is -3.45. The van der Waals surface area contributed by atoms with Gasteiger partial charge in [-0.05, 0) is 83.9 Å². The third kappa shape index (κ3) is 6.04. The number of halogens is 1. The van der Waals surface area contributed by atoms with Gasteiger partial charge in [0.15, 0.2) is 0 Å². The maximum absolute atomic E-state index is 12.4. The Kier molecular flexibility index (Phi) is 8.16. The summed E-state index contributed by atoms with van der Waals surface area (Å²) in [5.74, 6) is -0.559. The van der Waals surface area contributed by atoms with Crippen LogP contribution in [-0.2, 0) is 0 Å². The highest BCUT2D eigenvalue weighted by molar-refractivity contribution is 9.10. The summed E-state index contributed by atoms with van der Waals surface area (Å²) in [6, 6.07) is 21.8. The minimum Gasteiger partial charge on any atom is -0.372 e. The zero-order valence-electron chi connectivity index (χ0n) is 18.0. The standard InChI is InChI=1S/C25H25BrN4O2/c1-3-30(4-2)21-15-9-18(10-16-21)17-27-29-24(31)19-11-13-20(14-12-19)28-25(32)22-7-5-6-8-23(22)26/h5-17H,3-4H2,1-2H3,(H,28,32)(H,29,31). The van der Waals surface area contributed by atoms with Gasteiger partial charge in [-0.25, -0.2) is 5.43 Å². The minimum absolute atomic E-state index is 0.230. The predicted octanol–water partition coefficient (Wildman–Crippen LogP) is 5.31. The normalized spacial score (nSPS) is 10.7. The molecule has 2 N–H and O–H groups in total. The number of amides is 2. The molecule has 32 heavy (non-hydrogen) atoms. The summed E-state index contributed by atoms with van der Waals surface area (Å²) in [5, 5.41) is 6.86. The third-order valence-corrected chi connectivity index (χ3v) is 5.62. The van der Waals surface area contributed by atoms with E-state index >= 15 is 0 Å². The van der Waals surface area contributed by atoms with Crippen LogP contribution >= 0.6 is 15.9 Å². The van der Waals surface area contributed by atoms with Gasteiger partial charge in [-0.3, -0.25) is 9.59 Å². The molecule has 3 rings (SSSR count). The molecular formula is C25H25BrN4O2. The molecule has 0 aromatic heterocycles. The Morgan fingerprint density at radius 1 is 0.906 bits per heavy atom. The zero-order chi connectivity index (χ0) is 22.9. The Bertz CT molecular complexity index is 1090. The van der Waals surface area contributed by atoms with Crippen LogP contribution in [0, 0.1) is 0 Å². The van der Waals surface area contributed by atoms with Crippen LogP contribution in [0.5, 0.6) is 0 Å². The fraction of sp³-hybridized carbons (Fsp3) is 0.160. The van der Waals surface area contributed by atoms with Crippen molar-refractivity contribution in [1.29, 1.82) is 0 Å². The van der Waals surface area contributed by atoms with E-state index in [0.29, 0.717) is 21.3 Å². The van der Waals surface area contributed by atoms with E-state index in [1.165, 1.54) is 0 Å². The second kappa shape index (κ2) is 11.2. The van der Waals surface area contributed by atoms with E-state index < -0.39 is 0 Å². The van der Waals surface area contributed by atoms with Crippen LogP contribution in [-0.4, -0.2) is 31.1 Å². The van der Waals surface area contributed by atoms with Crippen molar-refractivity contribution in [3.05, 3.63) is 94.0 Å². The monoisotopic (exact) mass is 492 g/mol. The smallest absolute Gasteiger partial charge is 0.271 e. The average molecular weight is 493 g/mol. The topological polar surface area (TPSA) is 73.8 Å². The maximum atomic E-state index is 12.4. The van der Waals surface area contributed by atoms with Crippen molar-refractivity contribution in [2.45, 2.75) is 13.8 Å². The second-order valence-corrected chi connectivity index (χ2v) is 7.83. The lowest BCUT2D eigenvalue weighted by Gasteiger charge is -2.20. The first-order valence-electron chi connectivity index (χ1n) is 10.4. The number of benzene rings is 3. The van der Waals surface area contributed by atoms with Crippen molar-refractivity contribution in [1.82, 2.24) is 5.43 Å². The van der Waals surface area contributed by atoms with Gasteiger partial charge in [0.2, 0.25) is 0 Å². The lowest BCUT2D eigenvalue weighted by Crippen LogP contribution is -2.21. The quantitative estimate of drug-likeness (QED) is 0.330. The molecule has 0 fully saturated rings. The van der Waals surface area contributed by atoms with Crippen LogP contribution in [0.25, 0.3) is 0 Å². The van der Waals surface area contributed by atoms with E-state index in [1.54, 1.807) is 42.6 Å². The first-order chi connectivity index (χ1) is 15.5. The number of hydrazone groups is 1. The lowest BCUT2D eigenvalue weighted by molar-refractivity contribution is 0.0954. The highest BCUT2D eigenvalue weighted by Crippen LogP contribution is 2.18. The second-order valence-electron chi connectivity index (χ2n) is 6.97. The number of hydrogen-bond donors (Lipinski definition) is 2. The SMILES string of the molecule is CCN(CC)c1ccc(C=NNC(=O)c2ccc(NC(=O)c3ccccc3Br)cc2)cc1. The van der Waals surface area contributed by atoms with E-state index in [-0.39, 0.29) is 11.8 Å². The molecular weight excluding hydrogens is 468 g/mol. The van der Waals surface area contributed by atoms with E-state index in [9.17, 15) is 9.59 Å². The Morgan fingerprint density at radius 2 is 1.56 bits per heavy atom. The van der Waals surface area contributed by atoms with Crippen LogP contribution in [0.2, 0.25) is 0 Å². The summed E-state index contributed by atoms with van der Waals surface area (Å²) < 4.78 is 0.717. The summed E-state index contributed by atoms with van der Waals surface area (Å²) in [5.41, 5.74) is 6.15. The van der Waals surface area contributed by atoms with E-state index in [2.05, 4.69) is 50.5 Å². The van der Waals surface area contributed by atoms with Gasteiger partial charge in [0.05, 0.1) is 11.8 Å². The number of hydrogen-bond acceptors (Lipinski definition) is 4. The summed E-state index contributed by atoms with van der Waals surface area (Å²) in [6.07, 6.45) is 1.61. The van der Waals surface area contributed by atoms with Crippen LogP contribution in [0.1, 0.15) is 40.1 Å². The number of carbonyl (C=O) groups excluding carboxylic acids is 2. The van der Waals surface area contributed by atoms with Crippen LogP contribution in [0.3, 0.4) is 0 Å². The molecule has 0 saturated heterocycles. The molecule has 164 valence electrons. The molecule has 0 atom stereocenters. The number of carbonyl (C=O) groups is 2. The van der Waals surface area contributed by atoms with Crippen molar-refractivity contribution >= 4 is 45.3 Å². The van der Waals surface area contributed by atoms with Crippen LogP contribution in [0.15, 0.2) is 82.4 Å². The number of rotatable bonds is 8. The fourth-order valence-electron chi connectivity index (χ4n) is 3.14. The van der Waals surface area contributed by atoms with Gasteiger partial charge >= 0.3 is 0 Å². The maximum Gasteiger partial charge on any atom is 0.271 e. The fourth-order valence-corrected chi connectivity index (χ4v) is 3.60. The number of nitrogens with zero attached hydrogens (tertiary/aromatic N) is 2. The van der Waals surface area contributed by atoms with Crippen molar-refractivity contribution in [2.24, 2.45) is 5.10 Å². The molecule has 7 heteroatoms. The predicted molar refractivity (Wildman–Crippen MR) is 134 cm³/mol. The van der Waals surface area contributed by atoms with Gasteiger partial charge < -0.3 is 10.2 Å². The summed E-state index contributed by atoms with van der Waals surface area (Å²) in [6.45, 7) is 6.15. The molecule has 2 amide bonds. The van der Waals surface area contributed by atoms with E-state index in [0.717, 1.165) is 24.3 Å². The van der Waals surface area contributed by atoms with Gasteiger partial charge in [-0.1, -0.05) is 24.3 Å². The Labute approximate surface area is 196 Å². The third-order valence-electron chi connectivity index (χ3n) is 4.92. The Morgan fingerprint density at radius 3 is 2.19 bits per heavy atom. The lowest BCUT2D eigenvalue weighted by atomic mass is 10.1. The minimum atomic E-state index is -0.329. The van der Waals surface area contributed by atoms with Crippen LogP contribution < -0.4 is 15.6 Å². The van der Waals surface area contributed by atoms with E-state index in [1.807, 2.05) is 36.4 Å². The molecule has 0 aliphatic heterocycles. The molecule has 3 aromatic rings. The molecule has 0 saturated carbocycles. The molecule has 0 spiro atoms. The van der Waals surface area contributed by atoms with Gasteiger partial charge in [-0.15, -0.1) is 0 Å². The number of nitrogens with one attached hydrogen (secondary N) is 2. The summed E-state index contributed by atoms with van der Waals surface area (Å²) >= 11 is 3.37. The van der Waals surface area contributed by atoms with Crippen molar-refractivity contribution in [2.75, 3.05) is 23.3 Å². The van der Waals surface area contributed by atoms with Gasteiger partial charge in [0.1, 0.15) is 0 Å². The highest BCUT2D eigenvalue weighted by Gasteiger charge is 2.10. The average Bonchev–Trinajstić information content (AvgIpc) is 2.81. The van der Waals surface area contributed by atoms with Crippen LogP contribution in [0.4, 0.5) is 11.4 Å². The first kappa shape index (κ1) is 23.2. The summed E-state index contributed by atoms with van der Waals surface area (Å²) in [4.78, 5) is 27.0. The molecule has 0 bridgehead atoms. The van der Waals surface area contributed by atoms with E-state index in [4.69, 9.17) is 0 Å². The molecule has 0 aliphatic rings. The Balaban J connectivity index is 1.55. The highest BCUT2D eigenvalue weighted by atomic mass is 79.9. The zero-order valence-corrected chi connectivity index (χ0v) is 19.6. The molecule has 6 nitrogen and oxygen atoms in total. The van der Waals surface area contributed by atoms with Crippen molar-refractivity contribution in [3.8, 4) is 0 Å². The van der Waals surface area contributed by atoms with Crippen molar-refractivity contribution in [3.63, 3.8) is 0 Å². The van der Waals surface area contributed by atoms with Gasteiger partial charge in [-0.2, -0.15) is 5.10 Å². The molecule has 0 unspecified atom stereocenters. The van der Waals surface area contributed by atoms with Crippen molar-refractivity contribution < 1.29 is 9.59 Å². The molecule has 0 radical (unpaired) electrons. The molecule has 0 aliphatic carbocycles. The molecule has 0 heterocycles.